The molecule has 27 heavy (non-hydrogen) atoms. The predicted octanol–water partition coefficient (Wildman–Crippen LogP) is 2.18. The number of ether oxygens (including phenoxy) is 3. The molecule has 6 nitrogen and oxygen atoms in total. The number of hydrogen-bond donors (Lipinski definition) is 0. The summed E-state index contributed by atoms with van der Waals surface area (Å²) in [6.45, 7) is 4.12. The van der Waals surface area contributed by atoms with Crippen LogP contribution in [0.1, 0.15) is 5.56 Å². The van der Waals surface area contributed by atoms with E-state index >= 15 is 0 Å². The first kappa shape index (κ1) is 17.7. The van der Waals surface area contributed by atoms with Crippen molar-refractivity contribution in [2.75, 3.05) is 39.9 Å². The highest BCUT2D eigenvalue weighted by molar-refractivity contribution is 5.82. The minimum atomic E-state index is -0.569. The number of para-hydroxylation sites is 3. The number of methoxy groups -OCH3 is 1. The number of carbonyl (C=O) groups is 1. The molecule has 1 atom stereocenters. The molecule has 1 amide bonds. The Kier molecular flexibility index (Phi) is 5.16. The topological polar surface area (TPSA) is 51.2 Å². The van der Waals surface area contributed by atoms with Crippen LogP contribution in [0.25, 0.3) is 0 Å². The summed E-state index contributed by atoms with van der Waals surface area (Å²) in [5.74, 6) is 2.24. The van der Waals surface area contributed by atoms with E-state index in [1.165, 1.54) is 5.56 Å². The van der Waals surface area contributed by atoms with Crippen molar-refractivity contribution < 1.29 is 19.0 Å². The highest BCUT2D eigenvalue weighted by Gasteiger charge is 2.32. The Hall–Kier alpha value is -2.73. The molecule has 0 aromatic heterocycles. The van der Waals surface area contributed by atoms with E-state index in [9.17, 15) is 4.79 Å². The van der Waals surface area contributed by atoms with Crippen molar-refractivity contribution in [3.05, 3.63) is 54.1 Å². The summed E-state index contributed by atoms with van der Waals surface area (Å²) in [4.78, 5) is 17.0. The number of amides is 1. The first-order chi connectivity index (χ1) is 13.2. The van der Waals surface area contributed by atoms with Gasteiger partial charge in [0.25, 0.3) is 5.91 Å². The van der Waals surface area contributed by atoms with Crippen molar-refractivity contribution in [2.45, 2.75) is 12.6 Å². The van der Waals surface area contributed by atoms with Gasteiger partial charge in [0.1, 0.15) is 12.4 Å². The molecule has 2 aromatic rings. The van der Waals surface area contributed by atoms with Crippen molar-refractivity contribution >= 4 is 5.91 Å². The molecule has 2 aliphatic rings. The van der Waals surface area contributed by atoms with Gasteiger partial charge in [-0.2, -0.15) is 0 Å². The van der Waals surface area contributed by atoms with Crippen LogP contribution in [-0.2, 0) is 11.3 Å². The van der Waals surface area contributed by atoms with Crippen molar-refractivity contribution in [1.29, 1.82) is 0 Å². The Bertz CT molecular complexity index is 802. The lowest BCUT2D eigenvalue weighted by Crippen LogP contribution is -2.53. The number of hydrogen-bond acceptors (Lipinski definition) is 5. The third-order valence-corrected chi connectivity index (χ3v) is 5.05. The monoisotopic (exact) mass is 368 g/mol. The van der Waals surface area contributed by atoms with Crippen molar-refractivity contribution in [2.24, 2.45) is 0 Å². The Balaban J connectivity index is 1.32. The molecule has 0 bridgehead atoms. The fraction of sp³-hybridized carbons (Fsp3) is 0.381. The zero-order chi connectivity index (χ0) is 18.6. The number of rotatable bonds is 4. The van der Waals surface area contributed by atoms with E-state index < -0.39 is 6.10 Å². The van der Waals surface area contributed by atoms with Crippen LogP contribution < -0.4 is 14.2 Å². The molecule has 6 heteroatoms. The summed E-state index contributed by atoms with van der Waals surface area (Å²) < 4.78 is 17.0. The maximum Gasteiger partial charge on any atom is 0.267 e. The first-order valence-electron chi connectivity index (χ1n) is 9.26. The van der Waals surface area contributed by atoms with Gasteiger partial charge in [0, 0.05) is 38.3 Å². The fourth-order valence-corrected chi connectivity index (χ4v) is 3.55. The van der Waals surface area contributed by atoms with Gasteiger partial charge in [-0.05, 0) is 18.2 Å². The second-order valence-electron chi connectivity index (χ2n) is 6.78. The van der Waals surface area contributed by atoms with Gasteiger partial charge in [-0.3, -0.25) is 9.69 Å². The van der Waals surface area contributed by atoms with Crippen LogP contribution in [0.3, 0.4) is 0 Å². The van der Waals surface area contributed by atoms with Crippen molar-refractivity contribution in [3.63, 3.8) is 0 Å². The molecule has 0 spiro atoms. The molecule has 2 aromatic carbocycles. The fourth-order valence-electron chi connectivity index (χ4n) is 3.55. The Morgan fingerprint density at radius 3 is 2.52 bits per heavy atom. The maximum absolute atomic E-state index is 12.8. The number of nitrogens with zero attached hydrogens (tertiary/aromatic N) is 2. The molecular weight excluding hydrogens is 344 g/mol. The highest BCUT2D eigenvalue weighted by Crippen LogP contribution is 2.31. The van der Waals surface area contributed by atoms with E-state index in [0.29, 0.717) is 24.6 Å². The lowest BCUT2D eigenvalue weighted by Gasteiger charge is -2.37. The van der Waals surface area contributed by atoms with Crippen LogP contribution in [-0.4, -0.2) is 61.7 Å². The van der Waals surface area contributed by atoms with Crippen LogP contribution in [0.4, 0.5) is 0 Å². The average molecular weight is 368 g/mol. The molecule has 1 fully saturated rings. The molecule has 1 saturated heterocycles. The summed E-state index contributed by atoms with van der Waals surface area (Å²) in [5, 5.41) is 0. The second-order valence-corrected chi connectivity index (χ2v) is 6.78. The van der Waals surface area contributed by atoms with Gasteiger partial charge in [0.05, 0.1) is 7.11 Å². The van der Waals surface area contributed by atoms with E-state index in [0.717, 1.165) is 25.4 Å². The Labute approximate surface area is 159 Å². The molecule has 0 aliphatic carbocycles. The quantitative estimate of drug-likeness (QED) is 0.828. The zero-order valence-electron chi connectivity index (χ0n) is 15.5. The largest absolute Gasteiger partial charge is 0.496 e. The summed E-state index contributed by atoms with van der Waals surface area (Å²) in [6, 6.07) is 15.5. The van der Waals surface area contributed by atoms with Gasteiger partial charge >= 0.3 is 0 Å². The minimum absolute atomic E-state index is 0.00134. The summed E-state index contributed by atoms with van der Waals surface area (Å²) in [5.41, 5.74) is 1.17. The minimum Gasteiger partial charge on any atom is -0.496 e. The van der Waals surface area contributed by atoms with E-state index in [1.807, 2.05) is 47.4 Å². The molecular formula is C21H24N2O4. The molecule has 2 heterocycles. The van der Waals surface area contributed by atoms with Crippen LogP contribution >= 0.6 is 0 Å². The number of fused-ring (bicyclic) bond motifs is 1. The van der Waals surface area contributed by atoms with Gasteiger partial charge in [0.15, 0.2) is 11.5 Å². The van der Waals surface area contributed by atoms with Crippen molar-refractivity contribution in [1.82, 2.24) is 9.80 Å². The van der Waals surface area contributed by atoms with Gasteiger partial charge in [-0.15, -0.1) is 0 Å². The van der Waals surface area contributed by atoms with Gasteiger partial charge in [-0.25, -0.2) is 0 Å². The van der Waals surface area contributed by atoms with Gasteiger partial charge < -0.3 is 19.1 Å². The van der Waals surface area contributed by atoms with Crippen LogP contribution in [0.5, 0.6) is 17.2 Å². The normalized spacial score (nSPS) is 19.6. The van der Waals surface area contributed by atoms with E-state index in [-0.39, 0.29) is 12.5 Å². The van der Waals surface area contributed by atoms with E-state index in [2.05, 4.69) is 11.0 Å². The number of piperazine rings is 1. The molecule has 2 aliphatic heterocycles. The molecule has 0 radical (unpaired) electrons. The van der Waals surface area contributed by atoms with E-state index in [1.54, 1.807) is 7.11 Å². The average Bonchev–Trinajstić information content (AvgIpc) is 2.74. The summed E-state index contributed by atoms with van der Waals surface area (Å²) in [7, 11) is 1.69. The lowest BCUT2D eigenvalue weighted by atomic mass is 10.1. The Morgan fingerprint density at radius 2 is 1.74 bits per heavy atom. The smallest absolute Gasteiger partial charge is 0.267 e. The molecule has 0 saturated carbocycles. The number of carbonyl (C=O) groups excluding carboxylic acids is 1. The second kappa shape index (κ2) is 7.88. The molecule has 1 unspecified atom stereocenters. The third-order valence-electron chi connectivity index (χ3n) is 5.05. The van der Waals surface area contributed by atoms with Crippen LogP contribution in [0.15, 0.2) is 48.5 Å². The maximum atomic E-state index is 12.8. The standard InChI is InChI=1S/C21H24N2O4/c1-25-17-7-3-2-6-16(17)14-22-10-12-23(13-11-22)21(24)20-15-26-18-8-4-5-9-19(18)27-20/h2-9,20H,10-15H2,1H3. The van der Waals surface area contributed by atoms with Crippen LogP contribution in [0, 0.1) is 0 Å². The van der Waals surface area contributed by atoms with Crippen LogP contribution in [0.2, 0.25) is 0 Å². The Morgan fingerprint density at radius 1 is 1.04 bits per heavy atom. The number of benzene rings is 2. The predicted molar refractivity (Wildman–Crippen MR) is 101 cm³/mol. The molecule has 4 rings (SSSR count). The zero-order valence-corrected chi connectivity index (χ0v) is 15.5. The summed E-state index contributed by atoms with van der Waals surface area (Å²) >= 11 is 0. The van der Waals surface area contributed by atoms with Gasteiger partial charge in [-0.1, -0.05) is 30.3 Å². The summed E-state index contributed by atoms with van der Waals surface area (Å²) in [6.07, 6.45) is -0.569. The third kappa shape index (κ3) is 3.85. The SMILES string of the molecule is COc1ccccc1CN1CCN(C(=O)C2COc3ccccc3O2)CC1. The highest BCUT2D eigenvalue weighted by atomic mass is 16.6. The molecule has 0 N–H and O–H groups in total. The lowest BCUT2D eigenvalue weighted by molar-refractivity contribution is -0.143. The van der Waals surface area contributed by atoms with E-state index in [4.69, 9.17) is 14.2 Å². The van der Waals surface area contributed by atoms with Gasteiger partial charge in [0.2, 0.25) is 6.10 Å². The van der Waals surface area contributed by atoms with Crippen molar-refractivity contribution in [3.8, 4) is 17.2 Å². The first-order valence-corrected chi connectivity index (χ1v) is 9.26. The molecule has 142 valence electrons.